The standard InChI is InChI=1S/C12H22N2O/c1-12(2)7-5-6-10(12)13-11(15)14-8-3-4-9-14/h10H,3-9H2,1-2H3,(H,13,15). The molecule has 3 heteroatoms. The van der Waals surface area contributed by atoms with Crippen molar-refractivity contribution in [1.29, 1.82) is 0 Å². The lowest BCUT2D eigenvalue weighted by Gasteiger charge is -2.29. The monoisotopic (exact) mass is 210 g/mol. The van der Waals surface area contributed by atoms with Crippen molar-refractivity contribution in [2.45, 2.75) is 52.0 Å². The van der Waals surface area contributed by atoms with Crippen molar-refractivity contribution in [2.24, 2.45) is 5.41 Å². The van der Waals surface area contributed by atoms with Gasteiger partial charge in [0.1, 0.15) is 0 Å². The third-order valence-corrected chi connectivity index (χ3v) is 3.95. The summed E-state index contributed by atoms with van der Waals surface area (Å²) in [6.45, 7) is 6.40. The molecule has 86 valence electrons. The third-order valence-electron chi connectivity index (χ3n) is 3.95. The lowest BCUT2D eigenvalue weighted by atomic mass is 9.87. The van der Waals surface area contributed by atoms with Gasteiger partial charge in [0.2, 0.25) is 0 Å². The van der Waals surface area contributed by atoms with Gasteiger partial charge in [0.15, 0.2) is 0 Å². The molecular weight excluding hydrogens is 188 g/mol. The van der Waals surface area contributed by atoms with Crippen LogP contribution in [0.5, 0.6) is 0 Å². The Labute approximate surface area is 92.2 Å². The van der Waals surface area contributed by atoms with Crippen molar-refractivity contribution in [1.82, 2.24) is 10.2 Å². The first-order chi connectivity index (χ1) is 7.09. The molecule has 1 N–H and O–H groups in total. The highest BCUT2D eigenvalue weighted by Crippen LogP contribution is 2.37. The van der Waals surface area contributed by atoms with E-state index in [2.05, 4.69) is 19.2 Å². The van der Waals surface area contributed by atoms with Gasteiger partial charge in [0.25, 0.3) is 0 Å². The van der Waals surface area contributed by atoms with Crippen molar-refractivity contribution in [3.8, 4) is 0 Å². The fraction of sp³-hybridized carbons (Fsp3) is 0.917. The second-order valence-corrected chi connectivity index (χ2v) is 5.58. The minimum absolute atomic E-state index is 0.160. The highest BCUT2D eigenvalue weighted by atomic mass is 16.2. The molecular formula is C12H22N2O. The average Bonchev–Trinajstić information content (AvgIpc) is 2.76. The molecule has 0 spiro atoms. The molecule has 1 aliphatic carbocycles. The first kappa shape index (κ1) is 10.8. The maximum Gasteiger partial charge on any atom is 0.317 e. The molecule has 1 saturated carbocycles. The predicted octanol–water partition coefficient (Wildman–Crippen LogP) is 2.37. The Kier molecular flexibility index (Phi) is 2.89. The summed E-state index contributed by atoms with van der Waals surface area (Å²) in [7, 11) is 0. The fourth-order valence-corrected chi connectivity index (χ4v) is 2.75. The van der Waals surface area contributed by atoms with E-state index in [4.69, 9.17) is 0 Å². The Balaban J connectivity index is 1.88. The predicted molar refractivity (Wildman–Crippen MR) is 60.8 cm³/mol. The average molecular weight is 210 g/mol. The van der Waals surface area contributed by atoms with Gasteiger partial charge < -0.3 is 10.2 Å². The molecule has 15 heavy (non-hydrogen) atoms. The molecule has 0 aromatic rings. The van der Waals surface area contributed by atoms with Crippen LogP contribution in [0.25, 0.3) is 0 Å². The van der Waals surface area contributed by atoms with E-state index >= 15 is 0 Å². The van der Waals surface area contributed by atoms with Gasteiger partial charge in [-0.25, -0.2) is 4.79 Å². The summed E-state index contributed by atoms with van der Waals surface area (Å²) in [6.07, 6.45) is 5.96. The highest BCUT2D eigenvalue weighted by molar-refractivity contribution is 5.74. The molecule has 2 amide bonds. The lowest BCUT2D eigenvalue weighted by molar-refractivity contribution is 0.192. The summed E-state index contributed by atoms with van der Waals surface area (Å²) in [4.78, 5) is 13.9. The third kappa shape index (κ3) is 2.27. The summed E-state index contributed by atoms with van der Waals surface area (Å²) in [5.74, 6) is 0. The van der Waals surface area contributed by atoms with Crippen LogP contribution in [-0.2, 0) is 0 Å². The van der Waals surface area contributed by atoms with Gasteiger partial charge in [-0.2, -0.15) is 0 Å². The number of nitrogens with zero attached hydrogens (tertiary/aromatic N) is 1. The van der Waals surface area contributed by atoms with E-state index in [0.717, 1.165) is 19.5 Å². The number of hydrogen-bond donors (Lipinski definition) is 1. The molecule has 0 bridgehead atoms. The number of carbonyl (C=O) groups excluding carboxylic acids is 1. The topological polar surface area (TPSA) is 32.3 Å². The SMILES string of the molecule is CC1(C)CCCC1NC(=O)N1CCCC1. The van der Waals surface area contributed by atoms with Crippen LogP contribution in [0.2, 0.25) is 0 Å². The van der Waals surface area contributed by atoms with Crippen molar-refractivity contribution in [3.63, 3.8) is 0 Å². The molecule has 2 fully saturated rings. The Bertz CT molecular complexity index is 244. The number of carbonyl (C=O) groups is 1. The molecule has 0 radical (unpaired) electrons. The van der Waals surface area contributed by atoms with Gasteiger partial charge in [-0.3, -0.25) is 0 Å². The van der Waals surface area contributed by atoms with E-state index in [-0.39, 0.29) is 11.4 Å². The number of hydrogen-bond acceptors (Lipinski definition) is 1. The number of amides is 2. The molecule has 0 aromatic heterocycles. The van der Waals surface area contributed by atoms with Gasteiger partial charge in [0, 0.05) is 19.1 Å². The van der Waals surface area contributed by atoms with Crippen LogP contribution in [0.3, 0.4) is 0 Å². The Hall–Kier alpha value is -0.730. The van der Waals surface area contributed by atoms with E-state index in [1.165, 1.54) is 25.7 Å². The number of likely N-dealkylation sites (tertiary alicyclic amines) is 1. The lowest BCUT2D eigenvalue weighted by Crippen LogP contribution is -2.47. The van der Waals surface area contributed by atoms with Gasteiger partial charge >= 0.3 is 6.03 Å². The number of rotatable bonds is 1. The molecule has 0 aromatic carbocycles. The van der Waals surface area contributed by atoms with E-state index < -0.39 is 0 Å². The molecule has 1 aliphatic heterocycles. The van der Waals surface area contributed by atoms with Crippen LogP contribution in [0.4, 0.5) is 4.79 Å². The summed E-state index contributed by atoms with van der Waals surface area (Å²) in [5, 5.41) is 3.20. The minimum Gasteiger partial charge on any atom is -0.335 e. The fourth-order valence-electron chi connectivity index (χ4n) is 2.75. The van der Waals surface area contributed by atoms with Crippen LogP contribution in [-0.4, -0.2) is 30.1 Å². The zero-order valence-corrected chi connectivity index (χ0v) is 9.88. The molecule has 1 atom stereocenters. The van der Waals surface area contributed by atoms with Gasteiger partial charge in [-0.15, -0.1) is 0 Å². The first-order valence-electron chi connectivity index (χ1n) is 6.15. The van der Waals surface area contributed by atoms with Crippen molar-refractivity contribution >= 4 is 6.03 Å². The quantitative estimate of drug-likeness (QED) is 0.708. The summed E-state index contributed by atoms with van der Waals surface area (Å²) in [5.41, 5.74) is 0.287. The van der Waals surface area contributed by atoms with E-state index in [1.807, 2.05) is 4.90 Å². The summed E-state index contributed by atoms with van der Waals surface area (Å²) < 4.78 is 0. The van der Waals surface area contributed by atoms with Crippen LogP contribution >= 0.6 is 0 Å². The van der Waals surface area contributed by atoms with E-state index in [1.54, 1.807) is 0 Å². The van der Waals surface area contributed by atoms with Crippen molar-refractivity contribution in [3.05, 3.63) is 0 Å². The van der Waals surface area contributed by atoms with Crippen LogP contribution in [0.15, 0.2) is 0 Å². The van der Waals surface area contributed by atoms with Crippen molar-refractivity contribution < 1.29 is 4.79 Å². The number of urea groups is 1. The number of nitrogens with one attached hydrogen (secondary N) is 1. The van der Waals surface area contributed by atoms with Crippen molar-refractivity contribution in [2.75, 3.05) is 13.1 Å². The smallest absolute Gasteiger partial charge is 0.317 e. The largest absolute Gasteiger partial charge is 0.335 e. The second kappa shape index (κ2) is 4.03. The zero-order valence-electron chi connectivity index (χ0n) is 9.88. The Morgan fingerprint density at radius 1 is 1.27 bits per heavy atom. The Morgan fingerprint density at radius 2 is 1.93 bits per heavy atom. The minimum atomic E-state index is 0.160. The molecule has 1 saturated heterocycles. The highest BCUT2D eigenvalue weighted by Gasteiger charge is 2.36. The first-order valence-corrected chi connectivity index (χ1v) is 6.15. The van der Waals surface area contributed by atoms with Gasteiger partial charge in [-0.05, 0) is 31.1 Å². The molecule has 3 nitrogen and oxygen atoms in total. The molecule has 1 heterocycles. The van der Waals surface area contributed by atoms with Crippen LogP contribution in [0, 0.1) is 5.41 Å². The normalized spacial score (nSPS) is 29.5. The van der Waals surface area contributed by atoms with Crippen LogP contribution < -0.4 is 5.32 Å². The summed E-state index contributed by atoms with van der Waals surface area (Å²) in [6, 6.07) is 0.540. The van der Waals surface area contributed by atoms with Gasteiger partial charge in [0.05, 0.1) is 0 Å². The second-order valence-electron chi connectivity index (χ2n) is 5.58. The maximum atomic E-state index is 11.9. The van der Waals surface area contributed by atoms with Gasteiger partial charge in [-0.1, -0.05) is 20.3 Å². The Morgan fingerprint density at radius 3 is 2.47 bits per heavy atom. The zero-order chi connectivity index (χ0) is 10.9. The van der Waals surface area contributed by atoms with E-state index in [0.29, 0.717) is 6.04 Å². The van der Waals surface area contributed by atoms with Crippen LogP contribution in [0.1, 0.15) is 46.0 Å². The van der Waals surface area contributed by atoms with E-state index in [9.17, 15) is 4.79 Å². The summed E-state index contributed by atoms with van der Waals surface area (Å²) >= 11 is 0. The maximum absolute atomic E-state index is 11.9. The molecule has 2 aliphatic rings. The molecule has 2 rings (SSSR count). The molecule has 1 unspecified atom stereocenters.